The first-order valence-electron chi connectivity index (χ1n) is 6.48. The molecule has 0 aliphatic heterocycles. The van der Waals surface area contributed by atoms with Crippen LogP contribution >= 0.6 is 35.8 Å². The smallest absolute Gasteiger partial charge is 0.0406 e. The molecule has 0 saturated carbocycles. The molecule has 0 fully saturated rings. The highest BCUT2D eigenvalue weighted by atomic mass is 35.5. The molecule has 0 heterocycles. The van der Waals surface area contributed by atoms with Crippen molar-refractivity contribution in [2.24, 2.45) is 5.73 Å². The molecule has 0 spiro atoms. The van der Waals surface area contributed by atoms with E-state index in [9.17, 15) is 0 Å². The quantitative estimate of drug-likeness (QED) is 0.760. The SMILES string of the molecule is CCC[C@H](N)c1ccccc1Sc1ccc(Cl)cc1.Cl. The van der Waals surface area contributed by atoms with Crippen LogP contribution in [-0.4, -0.2) is 0 Å². The van der Waals surface area contributed by atoms with Gasteiger partial charge in [-0.1, -0.05) is 54.9 Å². The van der Waals surface area contributed by atoms with Crippen molar-refractivity contribution in [1.82, 2.24) is 0 Å². The van der Waals surface area contributed by atoms with Crippen molar-refractivity contribution in [1.29, 1.82) is 0 Å². The lowest BCUT2D eigenvalue weighted by Crippen LogP contribution is -2.10. The summed E-state index contributed by atoms with van der Waals surface area (Å²) in [6.45, 7) is 2.16. The van der Waals surface area contributed by atoms with Crippen LogP contribution in [0.1, 0.15) is 31.4 Å². The number of hydrogen-bond donors (Lipinski definition) is 1. The fourth-order valence-corrected chi connectivity index (χ4v) is 3.11. The second-order valence-electron chi connectivity index (χ2n) is 4.49. The lowest BCUT2D eigenvalue weighted by molar-refractivity contribution is 0.629. The summed E-state index contributed by atoms with van der Waals surface area (Å²) in [6, 6.07) is 16.4. The van der Waals surface area contributed by atoms with Gasteiger partial charge in [-0.05, 0) is 42.3 Å². The van der Waals surface area contributed by atoms with Gasteiger partial charge in [-0.15, -0.1) is 12.4 Å². The molecule has 108 valence electrons. The van der Waals surface area contributed by atoms with Crippen LogP contribution in [-0.2, 0) is 0 Å². The maximum Gasteiger partial charge on any atom is 0.0406 e. The van der Waals surface area contributed by atoms with Crippen molar-refractivity contribution < 1.29 is 0 Å². The monoisotopic (exact) mass is 327 g/mol. The highest BCUT2D eigenvalue weighted by molar-refractivity contribution is 7.99. The number of nitrogens with two attached hydrogens (primary N) is 1. The van der Waals surface area contributed by atoms with E-state index in [0.29, 0.717) is 0 Å². The zero-order valence-corrected chi connectivity index (χ0v) is 13.8. The topological polar surface area (TPSA) is 26.0 Å². The zero-order valence-electron chi connectivity index (χ0n) is 11.4. The van der Waals surface area contributed by atoms with Crippen molar-refractivity contribution in [3.05, 3.63) is 59.1 Å². The lowest BCUT2D eigenvalue weighted by Gasteiger charge is -2.15. The summed E-state index contributed by atoms with van der Waals surface area (Å²) < 4.78 is 0. The van der Waals surface area contributed by atoms with Gasteiger partial charge in [0.2, 0.25) is 0 Å². The Morgan fingerprint density at radius 3 is 2.40 bits per heavy atom. The third kappa shape index (κ3) is 4.71. The molecule has 0 amide bonds. The zero-order chi connectivity index (χ0) is 13.7. The first kappa shape index (κ1) is 17.4. The van der Waals surface area contributed by atoms with Gasteiger partial charge in [-0.25, -0.2) is 0 Å². The van der Waals surface area contributed by atoms with E-state index in [2.05, 4.69) is 31.2 Å². The van der Waals surface area contributed by atoms with Crippen molar-refractivity contribution in [3.63, 3.8) is 0 Å². The van der Waals surface area contributed by atoms with Crippen LogP contribution in [0.25, 0.3) is 0 Å². The molecule has 1 atom stereocenters. The number of hydrogen-bond acceptors (Lipinski definition) is 2. The van der Waals surface area contributed by atoms with E-state index in [4.69, 9.17) is 17.3 Å². The third-order valence-corrected chi connectivity index (χ3v) is 4.31. The molecule has 0 radical (unpaired) electrons. The summed E-state index contributed by atoms with van der Waals surface area (Å²) in [5.41, 5.74) is 7.48. The van der Waals surface area contributed by atoms with Crippen LogP contribution in [0.2, 0.25) is 5.02 Å². The molecule has 2 rings (SSSR count). The predicted octanol–water partition coefficient (Wildman–Crippen LogP) is 5.71. The standard InChI is InChI=1S/C16H18ClNS.ClH/c1-2-5-15(18)14-6-3-4-7-16(14)19-13-10-8-12(17)9-11-13;/h3-4,6-11,15H,2,5,18H2,1H3;1H/t15-;/m0./s1. The van der Waals surface area contributed by atoms with Gasteiger partial charge in [0.1, 0.15) is 0 Å². The van der Waals surface area contributed by atoms with Crippen LogP contribution in [0.5, 0.6) is 0 Å². The van der Waals surface area contributed by atoms with Gasteiger partial charge in [0.05, 0.1) is 0 Å². The molecule has 0 saturated heterocycles. The maximum absolute atomic E-state index is 6.25. The van der Waals surface area contributed by atoms with E-state index < -0.39 is 0 Å². The van der Waals surface area contributed by atoms with Crippen molar-refractivity contribution in [3.8, 4) is 0 Å². The number of rotatable bonds is 5. The first-order chi connectivity index (χ1) is 9.20. The van der Waals surface area contributed by atoms with Crippen molar-refractivity contribution >= 4 is 35.8 Å². The van der Waals surface area contributed by atoms with Gasteiger partial charge in [0.25, 0.3) is 0 Å². The molecule has 0 bridgehead atoms. The Morgan fingerprint density at radius 1 is 1.10 bits per heavy atom. The van der Waals surface area contributed by atoms with Gasteiger partial charge < -0.3 is 5.73 Å². The predicted molar refractivity (Wildman–Crippen MR) is 91.1 cm³/mol. The Bertz CT molecular complexity index is 528. The summed E-state index contributed by atoms with van der Waals surface area (Å²) in [5, 5.41) is 0.764. The average molecular weight is 328 g/mol. The highest BCUT2D eigenvalue weighted by Crippen LogP contribution is 2.34. The van der Waals surface area contributed by atoms with Crippen molar-refractivity contribution in [2.45, 2.75) is 35.6 Å². The Labute approximate surface area is 136 Å². The second kappa shape index (κ2) is 8.58. The highest BCUT2D eigenvalue weighted by Gasteiger charge is 2.10. The molecule has 2 aromatic rings. The molecular formula is C16H19Cl2NS. The van der Waals surface area contributed by atoms with Gasteiger partial charge in [0.15, 0.2) is 0 Å². The molecule has 0 aliphatic carbocycles. The number of benzene rings is 2. The Hall–Kier alpha value is -0.670. The summed E-state index contributed by atoms with van der Waals surface area (Å²) in [6.07, 6.45) is 2.11. The minimum atomic E-state index is 0. The summed E-state index contributed by atoms with van der Waals surface area (Å²) in [5.74, 6) is 0. The van der Waals surface area contributed by atoms with E-state index in [1.165, 1.54) is 15.4 Å². The molecule has 2 aromatic carbocycles. The molecule has 0 aliphatic rings. The van der Waals surface area contributed by atoms with Gasteiger partial charge in [-0.3, -0.25) is 0 Å². The Morgan fingerprint density at radius 2 is 1.75 bits per heavy atom. The molecule has 2 N–H and O–H groups in total. The van der Waals surface area contributed by atoms with Crippen LogP contribution in [0.3, 0.4) is 0 Å². The minimum absolute atomic E-state index is 0. The van der Waals surface area contributed by atoms with Crippen LogP contribution < -0.4 is 5.73 Å². The average Bonchev–Trinajstić information content (AvgIpc) is 2.42. The molecule has 0 aromatic heterocycles. The van der Waals surface area contributed by atoms with E-state index in [1.807, 2.05) is 24.3 Å². The maximum atomic E-state index is 6.25. The van der Waals surface area contributed by atoms with Crippen LogP contribution in [0.4, 0.5) is 0 Å². The summed E-state index contributed by atoms with van der Waals surface area (Å²) >= 11 is 7.65. The van der Waals surface area contributed by atoms with Gasteiger partial charge >= 0.3 is 0 Å². The fourth-order valence-electron chi connectivity index (χ4n) is 1.98. The molecule has 0 unspecified atom stereocenters. The van der Waals surface area contributed by atoms with Crippen LogP contribution in [0, 0.1) is 0 Å². The van der Waals surface area contributed by atoms with E-state index in [1.54, 1.807) is 11.8 Å². The normalized spacial score (nSPS) is 11.8. The summed E-state index contributed by atoms with van der Waals surface area (Å²) in [4.78, 5) is 2.41. The first-order valence-corrected chi connectivity index (χ1v) is 7.68. The summed E-state index contributed by atoms with van der Waals surface area (Å²) in [7, 11) is 0. The second-order valence-corrected chi connectivity index (χ2v) is 6.04. The molecule has 1 nitrogen and oxygen atoms in total. The Kier molecular flexibility index (Phi) is 7.46. The van der Waals surface area contributed by atoms with E-state index >= 15 is 0 Å². The fraction of sp³-hybridized carbons (Fsp3) is 0.250. The third-order valence-electron chi connectivity index (χ3n) is 2.96. The van der Waals surface area contributed by atoms with E-state index in [0.717, 1.165) is 17.9 Å². The van der Waals surface area contributed by atoms with Crippen molar-refractivity contribution in [2.75, 3.05) is 0 Å². The molecule has 4 heteroatoms. The Balaban J connectivity index is 0.00000200. The lowest BCUT2D eigenvalue weighted by atomic mass is 10.0. The van der Waals surface area contributed by atoms with Crippen LogP contribution in [0.15, 0.2) is 58.3 Å². The molecule has 20 heavy (non-hydrogen) atoms. The minimum Gasteiger partial charge on any atom is -0.324 e. The van der Waals surface area contributed by atoms with Gasteiger partial charge in [0, 0.05) is 20.9 Å². The largest absolute Gasteiger partial charge is 0.324 e. The number of halogens is 2. The van der Waals surface area contributed by atoms with Gasteiger partial charge in [-0.2, -0.15) is 0 Å². The molecular weight excluding hydrogens is 309 g/mol. The van der Waals surface area contributed by atoms with E-state index in [-0.39, 0.29) is 18.4 Å².